The molecule has 2 aromatic carbocycles. The summed E-state index contributed by atoms with van der Waals surface area (Å²) < 4.78 is 0. The summed E-state index contributed by atoms with van der Waals surface area (Å²) in [7, 11) is 0. The van der Waals surface area contributed by atoms with Gasteiger partial charge in [-0.25, -0.2) is 0 Å². The molecule has 1 aromatic heterocycles. The summed E-state index contributed by atoms with van der Waals surface area (Å²) in [5.74, 6) is 0.552. The fourth-order valence-corrected chi connectivity index (χ4v) is 3.24. The van der Waals surface area contributed by atoms with Gasteiger partial charge in [0, 0.05) is 28.7 Å². The summed E-state index contributed by atoms with van der Waals surface area (Å²) in [4.78, 5) is 0. The van der Waals surface area contributed by atoms with Crippen LogP contribution in [0.5, 0.6) is 0 Å². The molecule has 3 aromatic rings. The molecule has 4 rings (SSSR count). The van der Waals surface area contributed by atoms with Gasteiger partial charge in [-0.05, 0) is 48.4 Å². The SMILES string of the molecule is Clc1ccc(-c2cccc(-c3cc(C4CCNC4)[nH]n3)c2)cc1. The maximum absolute atomic E-state index is 5.97. The lowest BCUT2D eigenvalue weighted by Gasteiger charge is -2.04. The Labute approximate surface area is 140 Å². The number of aromatic amines is 1. The van der Waals surface area contributed by atoms with E-state index in [1.165, 1.54) is 17.7 Å². The Morgan fingerprint density at radius 1 is 0.957 bits per heavy atom. The second-order valence-corrected chi connectivity index (χ2v) is 6.42. The number of H-pyrrole nitrogens is 1. The predicted octanol–water partition coefficient (Wildman–Crippen LogP) is 4.47. The average molecular weight is 324 g/mol. The first kappa shape index (κ1) is 14.5. The summed E-state index contributed by atoms with van der Waals surface area (Å²) in [5, 5.41) is 11.9. The van der Waals surface area contributed by atoms with Crippen LogP contribution in [0.25, 0.3) is 22.4 Å². The number of halogens is 1. The molecule has 0 saturated carbocycles. The molecule has 0 radical (unpaired) electrons. The van der Waals surface area contributed by atoms with Crippen LogP contribution in [0.15, 0.2) is 54.6 Å². The highest BCUT2D eigenvalue weighted by Gasteiger charge is 2.19. The molecule has 1 atom stereocenters. The molecule has 23 heavy (non-hydrogen) atoms. The van der Waals surface area contributed by atoms with E-state index in [1.54, 1.807) is 0 Å². The van der Waals surface area contributed by atoms with Crippen molar-refractivity contribution in [1.82, 2.24) is 15.5 Å². The Morgan fingerprint density at radius 3 is 2.57 bits per heavy atom. The van der Waals surface area contributed by atoms with Crippen LogP contribution in [-0.2, 0) is 0 Å². The molecule has 4 heteroatoms. The van der Waals surface area contributed by atoms with Crippen LogP contribution in [-0.4, -0.2) is 23.3 Å². The van der Waals surface area contributed by atoms with Crippen molar-refractivity contribution in [3.63, 3.8) is 0 Å². The van der Waals surface area contributed by atoms with Gasteiger partial charge in [-0.15, -0.1) is 0 Å². The maximum atomic E-state index is 5.97. The molecular formula is C19H18ClN3. The molecule has 1 aliphatic heterocycles. The zero-order chi connectivity index (χ0) is 15.6. The molecule has 1 fully saturated rings. The Bertz CT molecular complexity index is 801. The first-order chi connectivity index (χ1) is 11.3. The highest BCUT2D eigenvalue weighted by atomic mass is 35.5. The Morgan fingerprint density at radius 2 is 1.78 bits per heavy atom. The van der Waals surface area contributed by atoms with E-state index in [9.17, 15) is 0 Å². The van der Waals surface area contributed by atoms with E-state index in [-0.39, 0.29) is 0 Å². The van der Waals surface area contributed by atoms with Crippen molar-refractivity contribution < 1.29 is 0 Å². The number of aromatic nitrogens is 2. The number of nitrogens with one attached hydrogen (secondary N) is 2. The van der Waals surface area contributed by atoms with Gasteiger partial charge >= 0.3 is 0 Å². The Hall–Kier alpha value is -2.10. The number of rotatable bonds is 3. The number of benzene rings is 2. The first-order valence-electron chi connectivity index (χ1n) is 7.92. The van der Waals surface area contributed by atoms with E-state index >= 15 is 0 Å². The molecule has 0 bridgehead atoms. The van der Waals surface area contributed by atoms with E-state index < -0.39 is 0 Å². The minimum absolute atomic E-state index is 0.552. The van der Waals surface area contributed by atoms with Crippen LogP contribution >= 0.6 is 11.6 Å². The van der Waals surface area contributed by atoms with Gasteiger partial charge in [0.1, 0.15) is 0 Å². The molecule has 0 amide bonds. The lowest BCUT2D eigenvalue weighted by atomic mass is 10.0. The summed E-state index contributed by atoms with van der Waals surface area (Å²) in [5.41, 5.74) is 5.69. The van der Waals surface area contributed by atoms with E-state index in [4.69, 9.17) is 11.6 Å². The second kappa shape index (κ2) is 6.19. The van der Waals surface area contributed by atoms with Gasteiger partial charge in [-0.3, -0.25) is 5.10 Å². The van der Waals surface area contributed by atoms with Crippen LogP contribution in [0.2, 0.25) is 5.02 Å². The monoisotopic (exact) mass is 323 g/mol. The zero-order valence-corrected chi connectivity index (χ0v) is 13.5. The molecule has 1 saturated heterocycles. The lowest BCUT2D eigenvalue weighted by Crippen LogP contribution is -2.08. The normalized spacial score (nSPS) is 17.5. The van der Waals surface area contributed by atoms with Gasteiger partial charge in [0.05, 0.1) is 5.69 Å². The number of hydrogen-bond donors (Lipinski definition) is 2. The van der Waals surface area contributed by atoms with Gasteiger partial charge in [0.2, 0.25) is 0 Å². The molecule has 1 unspecified atom stereocenters. The van der Waals surface area contributed by atoms with Crippen molar-refractivity contribution in [3.8, 4) is 22.4 Å². The lowest BCUT2D eigenvalue weighted by molar-refractivity contribution is 0.729. The van der Waals surface area contributed by atoms with Gasteiger partial charge in [0.15, 0.2) is 0 Å². The van der Waals surface area contributed by atoms with Crippen molar-refractivity contribution in [2.45, 2.75) is 12.3 Å². The van der Waals surface area contributed by atoms with Crippen LogP contribution in [0.4, 0.5) is 0 Å². The first-order valence-corrected chi connectivity index (χ1v) is 8.30. The van der Waals surface area contributed by atoms with E-state index in [0.717, 1.165) is 34.9 Å². The third-order valence-electron chi connectivity index (χ3n) is 4.43. The smallest absolute Gasteiger partial charge is 0.0923 e. The second-order valence-electron chi connectivity index (χ2n) is 5.99. The standard InChI is InChI=1S/C19H18ClN3/c20-17-6-4-13(5-7-17)14-2-1-3-15(10-14)18-11-19(23-22-18)16-8-9-21-12-16/h1-7,10-11,16,21H,8-9,12H2,(H,22,23). The van der Waals surface area contributed by atoms with E-state index in [1.807, 2.05) is 24.3 Å². The van der Waals surface area contributed by atoms with E-state index in [2.05, 4.69) is 45.8 Å². The summed E-state index contributed by atoms with van der Waals surface area (Å²) in [6, 6.07) is 18.6. The molecule has 0 aliphatic carbocycles. The Kier molecular flexibility index (Phi) is 3.90. The predicted molar refractivity (Wildman–Crippen MR) is 94.7 cm³/mol. The highest BCUT2D eigenvalue weighted by molar-refractivity contribution is 6.30. The molecule has 3 nitrogen and oxygen atoms in total. The van der Waals surface area contributed by atoms with Crippen molar-refractivity contribution in [2.75, 3.05) is 13.1 Å². The zero-order valence-electron chi connectivity index (χ0n) is 12.7. The summed E-state index contributed by atoms with van der Waals surface area (Å²) in [6.45, 7) is 2.12. The van der Waals surface area contributed by atoms with Crippen molar-refractivity contribution >= 4 is 11.6 Å². The average Bonchev–Trinajstić information content (AvgIpc) is 3.27. The van der Waals surface area contributed by atoms with Crippen LogP contribution < -0.4 is 5.32 Å². The highest BCUT2D eigenvalue weighted by Crippen LogP contribution is 2.28. The molecule has 2 N–H and O–H groups in total. The van der Waals surface area contributed by atoms with Crippen molar-refractivity contribution in [1.29, 1.82) is 0 Å². The van der Waals surface area contributed by atoms with Crippen LogP contribution in [0.3, 0.4) is 0 Å². The fraction of sp³-hybridized carbons (Fsp3) is 0.211. The van der Waals surface area contributed by atoms with Gasteiger partial charge in [0.25, 0.3) is 0 Å². The molecule has 0 spiro atoms. The van der Waals surface area contributed by atoms with Crippen molar-refractivity contribution in [2.24, 2.45) is 0 Å². The van der Waals surface area contributed by atoms with E-state index in [0.29, 0.717) is 5.92 Å². The van der Waals surface area contributed by atoms with Crippen molar-refractivity contribution in [3.05, 3.63) is 65.3 Å². The Balaban J connectivity index is 1.64. The molecule has 2 heterocycles. The minimum Gasteiger partial charge on any atom is -0.316 e. The van der Waals surface area contributed by atoms with Crippen LogP contribution in [0, 0.1) is 0 Å². The summed E-state index contributed by atoms with van der Waals surface area (Å²) >= 11 is 5.97. The van der Waals surface area contributed by atoms with Gasteiger partial charge < -0.3 is 5.32 Å². The quantitative estimate of drug-likeness (QED) is 0.746. The van der Waals surface area contributed by atoms with Gasteiger partial charge in [-0.2, -0.15) is 5.10 Å². The van der Waals surface area contributed by atoms with Crippen LogP contribution in [0.1, 0.15) is 18.0 Å². The maximum Gasteiger partial charge on any atom is 0.0923 e. The number of nitrogens with zero attached hydrogens (tertiary/aromatic N) is 1. The third-order valence-corrected chi connectivity index (χ3v) is 4.69. The largest absolute Gasteiger partial charge is 0.316 e. The molecular weight excluding hydrogens is 306 g/mol. The topological polar surface area (TPSA) is 40.7 Å². The van der Waals surface area contributed by atoms with Gasteiger partial charge in [-0.1, -0.05) is 41.9 Å². The molecule has 116 valence electrons. The molecule has 1 aliphatic rings. The minimum atomic E-state index is 0.552. The third kappa shape index (κ3) is 3.03. The number of hydrogen-bond acceptors (Lipinski definition) is 2. The fourth-order valence-electron chi connectivity index (χ4n) is 3.11. The summed E-state index contributed by atoms with van der Waals surface area (Å²) in [6.07, 6.45) is 1.17.